The maximum Gasteiger partial charge on any atom is 0.263 e. The Morgan fingerprint density at radius 1 is 1.38 bits per heavy atom. The van der Waals surface area contributed by atoms with Gasteiger partial charge in [0, 0.05) is 20.1 Å². The van der Waals surface area contributed by atoms with Crippen molar-refractivity contribution in [3.05, 3.63) is 4.88 Å². The molecule has 0 bridgehead atoms. The SMILES string of the molecule is CNC(=O)c1sc(N2CCCS(=O)(=O)CC2)c(SC)c1N. The number of amides is 1. The monoisotopic (exact) mass is 349 g/mol. The summed E-state index contributed by atoms with van der Waals surface area (Å²) in [6, 6.07) is 0. The predicted octanol–water partition coefficient (Wildman–Crippen LogP) is 1.04. The largest absolute Gasteiger partial charge is 0.396 e. The predicted molar refractivity (Wildman–Crippen MR) is 89.4 cm³/mol. The van der Waals surface area contributed by atoms with Crippen molar-refractivity contribution >= 4 is 49.5 Å². The molecule has 118 valence electrons. The first-order valence-electron chi connectivity index (χ1n) is 6.53. The number of hydrogen-bond acceptors (Lipinski definition) is 7. The van der Waals surface area contributed by atoms with Gasteiger partial charge in [0.05, 0.1) is 22.1 Å². The molecule has 1 amide bonds. The first-order chi connectivity index (χ1) is 9.89. The highest BCUT2D eigenvalue weighted by Gasteiger charge is 2.26. The molecule has 0 unspecified atom stereocenters. The molecule has 1 aromatic heterocycles. The van der Waals surface area contributed by atoms with Crippen LogP contribution in [0.15, 0.2) is 4.90 Å². The van der Waals surface area contributed by atoms with Crippen LogP contribution >= 0.6 is 23.1 Å². The van der Waals surface area contributed by atoms with E-state index in [0.29, 0.717) is 30.1 Å². The molecule has 0 radical (unpaired) electrons. The number of thiophene rings is 1. The molecule has 3 N–H and O–H groups in total. The molecule has 0 aliphatic carbocycles. The van der Waals surface area contributed by atoms with Gasteiger partial charge in [-0.15, -0.1) is 23.1 Å². The van der Waals surface area contributed by atoms with Gasteiger partial charge in [0.25, 0.3) is 5.91 Å². The van der Waals surface area contributed by atoms with E-state index in [4.69, 9.17) is 5.73 Å². The Bertz CT molecular complexity index is 640. The zero-order valence-corrected chi connectivity index (χ0v) is 14.5. The summed E-state index contributed by atoms with van der Waals surface area (Å²) in [5.74, 6) is 0.163. The van der Waals surface area contributed by atoms with E-state index >= 15 is 0 Å². The Balaban J connectivity index is 2.37. The molecule has 2 rings (SSSR count). The van der Waals surface area contributed by atoms with Gasteiger partial charge in [-0.25, -0.2) is 8.42 Å². The highest BCUT2D eigenvalue weighted by molar-refractivity contribution is 7.99. The minimum atomic E-state index is -2.96. The maximum absolute atomic E-state index is 11.9. The van der Waals surface area contributed by atoms with E-state index in [9.17, 15) is 13.2 Å². The molecule has 1 aliphatic heterocycles. The zero-order chi connectivity index (χ0) is 15.6. The minimum absolute atomic E-state index is 0.147. The molecule has 1 saturated heterocycles. The number of carbonyl (C=O) groups excluding carboxylic acids is 1. The van der Waals surface area contributed by atoms with Gasteiger partial charge in [-0.2, -0.15) is 0 Å². The quantitative estimate of drug-likeness (QED) is 0.792. The van der Waals surface area contributed by atoms with Gasteiger partial charge in [0.2, 0.25) is 0 Å². The smallest absolute Gasteiger partial charge is 0.263 e. The average molecular weight is 350 g/mol. The lowest BCUT2D eigenvalue weighted by molar-refractivity contribution is 0.0968. The summed E-state index contributed by atoms with van der Waals surface area (Å²) in [7, 11) is -1.39. The fourth-order valence-corrected chi connectivity index (χ4v) is 5.70. The van der Waals surface area contributed by atoms with Crippen LogP contribution in [0.4, 0.5) is 10.7 Å². The van der Waals surface area contributed by atoms with E-state index in [-0.39, 0.29) is 17.4 Å². The van der Waals surface area contributed by atoms with Crippen molar-refractivity contribution in [1.29, 1.82) is 0 Å². The number of sulfone groups is 1. The van der Waals surface area contributed by atoms with Gasteiger partial charge >= 0.3 is 0 Å². The molecular weight excluding hydrogens is 330 g/mol. The van der Waals surface area contributed by atoms with E-state index in [1.54, 1.807) is 7.05 Å². The lowest BCUT2D eigenvalue weighted by Gasteiger charge is -2.21. The molecule has 0 spiro atoms. The number of nitrogens with one attached hydrogen (secondary N) is 1. The van der Waals surface area contributed by atoms with E-state index < -0.39 is 9.84 Å². The highest BCUT2D eigenvalue weighted by atomic mass is 32.2. The van der Waals surface area contributed by atoms with Crippen molar-refractivity contribution in [2.45, 2.75) is 11.3 Å². The first kappa shape index (κ1) is 16.4. The molecule has 0 atom stereocenters. The molecule has 1 fully saturated rings. The van der Waals surface area contributed by atoms with Gasteiger partial charge in [-0.1, -0.05) is 0 Å². The fraction of sp³-hybridized carbons (Fsp3) is 0.583. The highest BCUT2D eigenvalue weighted by Crippen LogP contribution is 2.44. The second kappa shape index (κ2) is 6.45. The Labute approximate surface area is 133 Å². The second-order valence-corrected chi connectivity index (χ2v) is 8.87. The summed E-state index contributed by atoms with van der Waals surface area (Å²) in [5.41, 5.74) is 6.55. The van der Waals surface area contributed by atoms with Crippen molar-refractivity contribution < 1.29 is 13.2 Å². The van der Waals surface area contributed by atoms with E-state index in [0.717, 1.165) is 9.90 Å². The molecule has 0 saturated carbocycles. The first-order valence-corrected chi connectivity index (χ1v) is 10.4. The summed E-state index contributed by atoms with van der Waals surface area (Å²) in [6.45, 7) is 1.11. The summed E-state index contributed by atoms with van der Waals surface area (Å²) in [6.07, 6.45) is 2.51. The van der Waals surface area contributed by atoms with Crippen molar-refractivity contribution in [2.75, 3.05) is 48.5 Å². The van der Waals surface area contributed by atoms with Gasteiger partial charge in [-0.3, -0.25) is 4.79 Å². The van der Waals surface area contributed by atoms with Crippen LogP contribution in [-0.2, 0) is 9.84 Å². The lowest BCUT2D eigenvalue weighted by Crippen LogP contribution is -2.26. The van der Waals surface area contributed by atoms with Crippen LogP contribution in [0.3, 0.4) is 0 Å². The summed E-state index contributed by atoms with van der Waals surface area (Å²) in [5, 5.41) is 3.48. The number of nitrogens with two attached hydrogens (primary N) is 1. The van der Waals surface area contributed by atoms with Crippen molar-refractivity contribution in [2.24, 2.45) is 0 Å². The fourth-order valence-electron chi connectivity index (χ4n) is 2.25. The summed E-state index contributed by atoms with van der Waals surface area (Å²) in [4.78, 5) is 15.2. The standard InChI is InChI=1S/C12H19N3O3S3/c1-14-11(16)9-8(13)10(19-2)12(20-9)15-4-3-6-21(17,18)7-5-15/h3-7,13H2,1-2H3,(H,14,16). The number of thioether (sulfide) groups is 1. The molecular formula is C12H19N3O3S3. The second-order valence-electron chi connectivity index (χ2n) is 4.75. The number of nitrogen functional groups attached to an aromatic ring is 1. The van der Waals surface area contributed by atoms with Gasteiger partial charge in [0.1, 0.15) is 9.88 Å². The van der Waals surface area contributed by atoms with Gasteiger partial charge in [-0.05, 0) is 12.7 Å². The van der Waals surface area contributed by atoms with Crippen LogP contribution in [-0.4, -0.2) is 52.2 Å². The Morgan fingerprint density at radius 3 is 2.71 bits per heavy atom. The van der Waals surface area contributed by atoms with E-state index in [1.165, 1.54) is 23.1 Å². The van der Waals surface area contributed by atoms with Crippen LogP contribution in [0, 0.1) is 0 Å². The van der Waals surface area contributed by atoms with Gasteiger partial charge in [0.15, 0.2) is 9.84 Å². The van der Waals surface area contributed by atoms with E-state index in [2.05, 4.69) is 5.32 Å². The molecule has 1 aromatic rings. The normalized spacial score (nSPS) is 18.3. The Hall–Kier alpha value is -0.930. The zero-order valence-electron chi connectivity index (χ0n) is 12.0. The third kappa shape index (κ3) is 3.46. The molecule has 0 aromatic carbocycles. The molecule has 1 aliphatic rings. The number of nitrogens with zero attached hydrogens (tertiary/aromatic N) is 1. The maximum atomic E-state index is 11.9. The molecule has 2 heterocycles. The van der Waals surface area contributed by atoms with Crippen LogP contribution in [0.5, 0.6) is 0 Å². The Kier molecular flexibility index (Phi) is 5.05. The van der Waals surface area contributed by atoms with Crippen molar-refractivity contribution in [1.82, 2.24) is 5.32 Å². The topological polar surface area (TPSA) is 92.5 Å². The number of hydrogen-bond donors (Lipinski definition) is 2. The summed E-state index contributed by atoms with van der Waals surface area (Å²) < 4.78 is 23.4. The number of anilines is 2. The molecule has 9 heteroatoms. The lowest BCUT2D eigenvalue weighted by atomic mass is 10.3. The molecule has 21 heavy (non-hydrogen) atoms. The van der Waals surface area contributed by atoms with Gasteiger partial charge < -0.3 is 16.0 Å². The minimum Gasteiger partial charge on any atom is -0.396 e. The molecule has 6 nitrogen and oxygen atoms in total. The van der Waals surface area contributed by atoms with Crippen molar-refractivity contribution in [3.8, 4) is 0 Å². The van der Waals surface area contributed by atoms with E-state index in [1.807, 2.05) is 11.2 Å². The third-order valence-corrected chi connectivity index (χ3v) is 7.29. The summed E-state index contributed by atoms with van der Waals surface area (Å²) >= 11 is 2.82. The van der Waals surface area contributed by atoms with Crippen LogP contribution in [0.25, 0.3) is 0 Å². The van der Waals surface area contributed by atoms with Crippen LogP contribution < -0.4 is 16.0 Å². The van der Waals surface area contributed by atoms with Crippen LogP contribution in [0.2, 0.25) is 0 Å². The van der Waals surface area contributed by atoms with Crippen LogP contribution in [0.1, 0.15) is 16.1 Å². The third-order valence-electron chi connectivity index (χ3n) is 3.36. The number of rotatable bonds is 3. The van der Waals surface area contributed by atoms with Crippen molar-refractivity contribution in [3.63, 3.8) is 0 Å². The number of carbonyl (C=O) groups is 1. The Morgan fingerprint density at radius 2 is 2.10 bits per heavy atom. The average Bonchev–Trinajstić information content (AvgIpc) is 2.66.